The minimum Gasteiger partial charge on any atom is -0.337 e. The van der Waals surface area contributed by atoms with Crippen LogP contribution in [-0.2, 0) is 10.2 Å². The fourth-order valence-electron chi connectivity index (χ4n) is 2.40. The molecule has 0 heterocycles. The first kappa shape index (κ1) is 19.4. The van der Waals surface area contributed by atoms with E-state index in [2.05, 4.69) is 16.0 Å². The number of nitrogens with one attached hydrogen (secondary N) is 3. The minimum atomic E-state index is -0.619. The Hall–Kier alpha value is -2.96. The molecule has 0 fully saturated rings. The van der Waals surface area contributed by atoms with Crippen LogP contribution < -0.4 is 16.0 Å². The first-order chi connectivity index (χ1) is 12.3. The number of benzene rings is 2. The standard InChI is InChI=1S/C19H21F2N3O2/c1-19(2,15-8-3-4-9-16(15)21)12-23-18(26)22-11-17(25)24-14-7-5-6-13(20)10-14/h3-10H,11-12H2,1-2H3,(H,24,25)(H2,22,23,26). The zero-order valence-electron chi connectivity index (χ0n) is 14.6. The lowest BCUT2D eigenvalue weighted by atomic mass is 9.84. The van der Waals surface area contributed by atoms with Crippen LogP contribution in [-0.4, -0.2) is 25.0 Å². The molecule has 138 valence electrons. The van der Waals surface area contributed by atoms with E-state index in [-0.39, 0.29) is 18.9 Å². The molecule has 5 nitrogen and oxygen atoms in total. The van der Waals surface area contributed by atoms with Gasteiger partial charge in [-0.05, 0) is 29.8 Å². The fraction of sp³-hybridized carbons (Fsp3) is 0.263. The summed E-state index contributed by atoms with van der Waals surface area (Å²) in [6.07, 6.45) is 0. The third-order valence-corrected chi connectivity index (χ3v) is 3.81. The maximum absolute atomic E-state index is 13.9. The number of rotatable bonds is 6. The molecule has 0 aromatic heterocycles. The van der Waals surface area contributed by atoms with Crippen LogP contribution in [0.5, 0.6) is 0 Å². The molecule has 0 saturated heterocycles. The smallest absolute Gasteiger partial charge is 0.315 e. The van der Waals surface area contributed by atoms with Crippen molar-refractivity contribution in [2.75, 3.05) is 18.4 Å². The van der Waals surface area contributed by atoms with Gasteiger partial charge in [0, 0.05) is 17.6 Å². The Morgan fingerprint density at radius 2 is 1.73 bits per heavy atom. The van der Waals surface area contributed by atoms with Gasteiger partial charge in [-0.3, -0.25) is 4.79 Å². The highest BCUT2D eigenvalue weighted by Crippen LogP contribution is 2.24. The normalized spacial score (nSPS) is 10.9. The summed E-state index contributed by atoms with van der Waals surface area (Å²) in [7, 11) is 0. The molecule has 3 amide bonds. The Morgan fingerprint density at radius 1 is 1.00 bits per heavy atom. The molecule has 0 aliphatic heterocycles. The third-order valence-electron chi connectivity index (χ3n) is 3.81. The number of carbonyl (C=O) groups excluding carboxylic acids is 2. The summed E-state index contributed by atoms with van der Waals surface area (Å²) in [5, 5.41) is 7.50. The van der Waals surface area contributed by atoms with Gasteiger partial charge in [0.1, 0.15) is 11.6 Å². The van der Waals surface area contributed by atoms with Crippen LogP contribution in [0.1, 0.15) is 19.4 Å². The van der Waals surface area contributed by atoms with Crippen molar-refractivity contribution < 1.29 is 18.4 Å². The van der Waals surface area contributed by atoms with Crippen LogP contribution >= 0.6 is 0 Å². The minimum absolute atomic E-state index is 0.186. The SMILES string of the molecule is CC(C)(CNC(=O)NCC(=O)Nc1cccc(F)c1)c1ccccc1F. The maximum atomic E-state index is 13.9. The number of anilines is 1. The highest BCUT2D eigenvalue weighted by atomic mass is 19.1. The topological polar surface area (TPSA) is 70.2 Å². The van der Waals surface area contributed by atoms with Crippen molar-refractivity contribution in [2.24, 2.45) is 0 Å². The number of carbonyl (C=O) groups is 2. The van der Waals surface area contributed by atoms with Crippen LogP contribution in [0, 0.1) is 11.6 Å². The zero-order valence-corrected chi connectivity index (χ0v) is 14.6. The van der Waals surface area contributed by atoms with E-state index in [0.29, 0.717) is 11.3 Å². The van der Waals surface area contributed by atoms with Crippen molar-refractivity contribution in [1.29, 1.82) is 0 Å². The van der Waals surface area contributed by atoms with E-state index >= 15 is 0 Å². The molecule has 2 rings (SSSR count). The summed E-state index contributed by atoms with van der Waals surface area (Å²) < 4.78 is 26.9. The average Bonchev–Trinajstić information content (AvgIpc) is 2.58. The largest absolute Gasteiger partial charge is 0.337 e. The van der Waals surface area contributed by atoms with Crippen LogP contribution in [0.25, 0.3) is 0 Å². The van der Waals surface area contributed by atoms with Gasteiger partial charge >= 0.3 is 6.03 Å². The molecule has 0 radical (unpaired) electrons. The van der Waals surface area contributed by atoms with Crippen LogP contribution in [0.15, 0.2) is 48.5 Å². The second kappa shape index (κ2) is 8.42. The number of hydrogen-bond donors (Lipinski definition) is 3. The Bertz CT molecular complexity index is 794. The number of amides is 3. The van der Waals surface area contributed by atoms with E-state index < -0.39 is 23.2 Å². The average molecular weight is 361 g/mol. The number of hydrogen-bond acceptors (Lipinski definition) is 2. The van der Waals surface area contributed by atoms with Crippen LogP contribution in [0.3, 0.4) is 0 Å². The van der Waals surface area contributed by atoms with Crippen molar-refractivity contribution >= 4 is 17.6 Å². The molecular formula is C19H21F2N3O2. The summed E-state index contributed by atoms with van der Waals surface area (Å²) >= 11 is 0. The lowest BCUT2D eigenvalue weighted by Gasteiger charge is -2.26. The lowest BCUT2D eigenvalue weighted by molar-refractivity contribution is -0.115. The van der Waals surface area contributed by atoms with Gasteiger partial charge in [-0.2, -0.15) is 0 Å². The van der Waals surface area contributed by atoms with Gasteiger partial charge in [0.15, 0.2) is 0 Å². The van der Waals surface area contributed by atoms with Gasteiger partial charge in [0.2, 0.25) is 5.91 Å². The van der Waals surface area contributed by atoms with E-state index in [0.717, 1.165) is 0 Å². The van der Waals surface area contributed by atoms with E-state index in [1.807, 2.05) is 13.8 Å². The molecule has 0 atom stereocenters. The Kier molecular flexibility index (Phi) is 6.27. The van der Waals surface area contributed by atoms with Gasteiger partial charge in [-0.1, -0.05) is 38.1 Å². The summed E-state index contributed by atoms with van der Waals surface area (Å²) in [6, 6.07) is 11.3. The predicted octanol–water partition coefficient (Wildman–Crippen LogP) is 3.18. The molecular weight excluding hydrogens is 340 g/mol. The van der Waals surface area contributed by atoms with Crippen molar-refractivity contribution in [2.45, 2.75) is 19.3 Å². The summed E-state index contributed by atoms with van der Waals surface area (Å²) in [5.41, 5.74) is 0.175. The third kappa shape index (κ3) is 5.54. The highest BCUT2D eigenvalue weighted by Gasteiger charge is 2.24. The van der Waals surface area contributed by atoms with E-state index in [1.165, 1.54) is 30.3 Å². The molecule has 0 aliphatic carbocycles. The van der Waals surface area contributed by atoms with E-state index in [1.54, 1.807) is 18.2 Å². The number of urea groups is 1. The summed E-state index contributed by atoms with van der Waals surface area (Å²) in [4.78, 5) is 23.6. The van der Waals surface area contributed by atoms with Crippen molar-refractivity contribution in [1.82, 2.24) is 10.6 Å². The molecule has 26 heavy (non-hydrogen) atoms. The van der Waals surface area contributed by atoms with Gasteiger partial charge in [0.05, 0.1) is 6.54 Å². The highest BCUT2D eigenvalue weighted by molar-refractivity contribution is 5.94. The molecule has 3 N–H and O–H groups in total. The molecule has 0 saturated carbocycles. The molecule has 0 aliphatic rings. The zero-order chi connectivity index (χ0) is 19.2. The summed E-state index contributed by atoms with van der Waals surface area (Å²) in [5.74, 6) is -1.29. The predicted molar refractivity (Wildman–Crippen MR) is 95.9 cm³/mol. The molecule has 2 aromatic carbocycles. The van der Waals surface area contributed by atoms with Crippen molar-refractivity contribution in [3.63, 3.8) is 0 Å². The summed E-state index contributed by atoms with van der Waals surface area (Å²) in [6.45, 7) is 3.53. The van der Waals surface area contributed by atoms with Crippen LogP contribution in [0.2, 0.25) is 0 Å². The molecule has 2 aromatic rings. The fourth-order valence-corrected chi connectivity index (χ4v) is 2.40. The lowest BCUT2D eigenvalue weighted by Crippen LogP contribution is -2.44. The molecule has 7 heteroatoms. The maximum Gasteiger partial charge on any atom is 0.315 e. The Morgan fingerprint density at radius 3 is 2.42 bits per heavy atom. The second-order valence-electron chi connectivity index (χ2n) is 6.46. The van der Waals surface area contributed by atoms with Crippen LogP contribution in [0.4, 0.5) is 19.3 Å². The Labute approximate surface area is 150 Å². The number of halogens is 2. The molecule has 0 spiro atoms. The van der Waals surface area contributed by atoms with E-state index in [4.69, 9.17) is 0 Å². The van der Waals surface area contributed by atoms with Gasteiger partial charge in [0.25, 0.3) is 0 Å². The van der Waals surface area contributed by atoms with Crippen molar-refractivity contribution in [3.8, 4) is 0 Å². The second-order valence-corrected chi connectivity index (χ2v) is 6.46. The molecule has 0 unspecified atom stereocenters. The van der Waals surface area contributed by atoms with Gasteiger partial charge < -0.3 is 16.0 Å². The van der Waals surface area contributed by atoms with Crippen molar-refractivity contribution in [3.05, 3.63) is 65.7 Å². The first-order valence-electron chi connectivity index (χ1n) is 8.10. The quantitative estimate of drug-likeness (QED) is 0.740. The van der Waals surface area contributed by atoms with Gasteiger partial charge in [-0.25, -0.2) is 13.6 Å². The van der Waals surface area contributed by atoms with Gasteiger partial charge in [-0.15, -0.1) is 0 Å². The Balaban J connectivity index is 1.80. The first-order valence-corrected chi connectivity index (χ1v) is 8.10. The molecule has 0 bridgehead atoms. The van der Waals surface area contributed by atoms with E-state index in [9.17, 15) is 18.4 Å². The monoisotopic (exact) mass is 361 g/mol.